The van der Waals surface area contributed by atoms with E-state index in [1.54, 1.807) is 23.1 Å². The Morgan fingerprint density at radius 2 is 2.05 bits per heavy atom. The number of halogens is 2. The molecule has 0 aliphatic heterocycles. The fraction of sp³-hybridized carbons (Fsp3) is 0.0714. The molecule has 1 N–H and O–H groups in total. The van der Waals surface area contributed by atoms with Gasteiger partial charge in [0.15, 0.2) is 0 Å². The molecule has 0 radical (unpaired) electrons. The zero-order valence-electron chi connectivity index (χ0n) is 10.9. The van der Waals surface area contributed by atoms with E-state index < -0.39 is 0 Å². The van der Waals surface area contributed by atoms with Crippen molar-refractivity contribution >= 4 is 29.2 Å². The Bertz CT molecular complexity index is 742. The van der Waals surface area contributed by atoms with Crippen LogP contribution in [0.15, 0.2) is 49.1 Å². The van der Waals surface area contributed by atoms with E-state index in [4.69, 9.17) is 23.2 Å². The lowest BCUT2D eigenvalue weighted by atomic mass is 10.3. The molecule has 0 aliphatic carbocycles. The monoisotopic (exact) mass is 319 g/mol. The molecule has 0 amide bonds. The van der Waals surface area contributed by atoms with Crippen LogP contribution in [0.5, 0.6) is 0 Å². The van der Waals surface area contributed by atoms with Gasteiger partial charge in [0.25, 0.3) is 0 Å². The number of aromatic nitrogens is 4. The molecule has 3 aromatic rings. The molecular formula is C14H11Cl2N5. The Morgan fingerprint density at radius 1 is 1.14 bits per heavy atom. The maximum atomic E-state index is 6.22. The van der Waals surface area contributed by atoms with Crippen molar-refractivity contribution in [3.05, 3.63) is 64.7 Å². The second-order valence-corrected chi connectivity index (χ2v) is 5.07. The van der Waals surface area contributed by atoms with Gasteiger partial charge >= 0.3 is 0 Å². The van der Waals surface area contributed by atoms with Crippen LogP contribution in [0.25, 0.3) is 5.69 Å². The highest BCUT2D eigenvalue weighted by atomic mass is 35.5. The summed E-state index contributed by atoms with van der Waals surface area (Å²) in [6.07, 6.45) is 4.99. The van der Waals surface area contributed by atoms with Gasteiger partial charge < -0.3 is 5.32 Å². The minimum absolute atomic E-state index is 0.439. The van der Waals surface area contributed by atoms with Gasteiger partial charge in [0.05, 0.1) is 15.7 Å². The first-order chi connectivity index (χ1) is 10.3. The van der Waals surface area contributed by atoms with Crippen LogP contribution in [-0.2, 0) is 6.54 Å². The minimum atomic E-state index is 0.439. The van der Waals surface area contributed by atoms with Gasteiger partial charge in [-0.05, 0) is 23.8 Å². The molecule has 3 rings (SSSR count). The fourth-order valence-corrected chi connectivity index (χ4v) is 2.25. The lowest BCUT2D eigenvalue weighted by Crippen LogP contribution is -2.08. The molecule has 0 aliphatic rings. The van der Waals surface area contributed by atoms with E-state index in [9.17, 15) is 0 Å². The standard InChI is InChI=1S/C14H11Cl2N5/c15-11-4-1-5-12(13(11)16)21-14(19-9-20-21)18-8-10-3-2-6-17-7-10/h1-7,9H,8H2,(H,18,19,20). The van der Waals surface area contributed by atoms with Crippen LogP contribution in [-0.4, -0.2) is 19.7 Å². The van der Waals surface area contributed by atoms with Gasteiger partial charge in [-0.25, -0.2) is 0 Å². The highest BCUT2D eigenvalue weighted by Crippen LogP contribution is 2.29. The largest absolute Gasteiger partial charge is 0.350 e. The van der Waals surface area contributed by atoms with Crippen LogP contribution in [0.2, 0.25) is 10.0 Å². The number of pyridine rings is 1. The molecule has 0 unspecified atom stereocenters. The Morgan fingerprint density at radius 3 is 2.86 bits per heavy atom. The first kappa shape index (κ1) is 13.9. The van der Waals surface area contributed by atoms with Gasteiger partial charge in [-0.3, -0.25) is 4.98 Å². The van der Waals surface area contributed by atoms with Crippen LogP contribution < -0.4 is 5.32 Å². The summed E-state index contributed by atoms with van der Waals surface area (Å²) in [6.45, 7) is 0.588. The van der Waals surface area contributed by atoms with Gasteiger partial charge in [0.1, 0.15) is 6.33 Å². The molecule has 1 aromatic carbocycles. The lowest BCUT2D eigenvalue weighted by Gasteiger charge is -2.10. The topological polar surface area (TPSA) is 55.6 Å². The summed E-state index contributed by atoms with van der Waals surface area (Å²) in [6, 6.07) is 9.24. The smallest absolute Gasteiger partial charge is 0.226 e. The lowest BCUT2D eigenvalue weighted by molar-refractivity contribution is 0.872. The highest BCUT2D eigenvalue weighted by molar-refractivity contribution is 6.43. The highest BCUT2D eigenvalue weighted by Gasteiger charge is 2.11. The van der Waals surface area contributed by atoms with Crippen LogP contribution in [0.4, 0.5) is 5.95 Å². The van der Waals surface area contributed by atoms with E-state index in [1.165, 1.54) is 6.33 Å². The summed E-state index contributed by atoms with van der Waals surface area (Å²) < 4.78 is 1.62. The summed E-state index contributed by atoms with van der Waals surface area (Å²) in [4.78, 5) is 8.27. The Labute approximate surface area is 131 Å². The normalized spacial score (nSPS) is 10.6. The van der Waals surface area contributed by atoms with Gasteiger partial charge in [-0.15, -0.1) is 0 Å². The molecule has 0 spiro atoms. The molecular weight excluding hydrogens is 309 g/mol. The van der Waals surface area contributed by atoms with Crippen LogP contribution >= 0.6 is 23.2 Å². The zero-order chi connectivity index (χ0) is 14.7. The SMILES string of the molecule is Clc1cccc(-n2ncnc2NCc2cccnc2)c1Cl. The van der Waals surface area contributed by atoms with Gasteiger partial charge in [0.2, 0.25) is 5.95 Å². The zero-order valence-corrected chi connectivity index (χ0v) is 12.4. The third-order valence-electron chi connectivity index (χ3n) is 2.88. The van der Waals surface area contributed by atoms with Crippen molar-refractivity contribution in [3.8, 4) is 5.69 Å². The number of benzene rings is 1. The molecule has 7 heteroatoms. The molecule has 0 saturated carbocycles. The van der Waals surface area contributed by atoms with Crippen LogP contribution in [0.1, 0.15) is 5.56 Å². The van der Waals surface area contributed by atoms with Gasteiger partial charge in [-0.2, -0.15) is 14.8 Å². The van der Waals surface area contributed by atoms with Gasteiger partial charge in [0, 0.05) is 18.9 Å². The second-order valence-electron chi connectivity index (χ2n) is 4.28. The van der Waals surface area contributed by atoms with Crippen molar-refractivity contribution in [3.63, 3.8) is 0 Å². The Balaban J connectivity index is 1.86. The minimum Gasteiger partial charge on any atom is -0.350 e. The Hall–Kier alpha value is -2.11. The van der Waals surface area contributed by atoms with Crippen molar-refractivity contribution in [1.29, 1.82) is 0 Å². The van der Waals surface area contributed by atoms with Crippen molar-refractivity contribution in [1.82, 2.24) is 19.7 Å². The van der Waals surface area contributed by atoms with Gasteiger partial charge in [-0.1, -0.05) is 35.3 Å². The average Bonchev–Trinajstić information content (AvgIpc) is 2.97. The van der Waals surface area contributed by atoms with E-state index in [-0.39, 0.29) is 0 Å². The molecule has 0 fully saturated rings. The third kappa shape index (κ3) is 2.99. The number of rotatable bonds is 4. The number of hydrogen-bond acceptors (Lipinski definition) is 4. The van der Waals surface area contributed by atoms with Crippen LogP contribution in [0.3, 0.4) is 0 Å². The van der Waals surface area contributed by atoms with Crippen molar-refractivity contribution in [2.24, 2.45) is 0 Å². The maximum absolute atomic E-state index is 6.22. The van der Waals surface area contributed by atoms with Crippen molar-refractivity contribution in [2.75, 3.05) is 5.32 Å². The van der Waals surface area contributed by atoms with E-state index in [1.807, 2.05) is 24.3 Å². The molecule has 0 atom stereocenters. The molecule has 5 nitrogen and oxygen atoms in total. The molecule has 2 aromatic heterocycles. The molecule has 2 heterocycles. The van der Waals surface area contributed by atoms with Crippen LogP contribution in [0, 0.1) is 0 Å². The van der Waals surface area contributed by atoms with Crippen molar-refractivity contribution in [2.45, 2.75) is 6.54 Å². The quantitative estimate of drug-likeness (QED) is 0.798. The summed E-state index contributed by atoms with van der Waals surface area (Å²) in [5.41, 5.74) is 1.72. The first-order valence-corrected chi connectivity index (χ1v) is 6.98. The number of hydrogen-bond donors (Lipinski definition) is 1. The summed E-state index contributed by atoms with van der Waals surface area (Å²) in [7, 11) is 0. The molecule has 21 heavy (non-hydrogen) atoms. The fourth-order valence-electron chi connectivity index (χ4n) is 1.88. The Kier molecular flexibility index (Phi) is 4.03. The third-order valence-corrected chi connectivity index (χ3v) is 3.69. The molecule has 106 valence electrons. The number of nitrogens with one attached hydrogen (secondary N) is 1. The molecule has 0 bridgehead atoms. The maximum Gasteiger partial charge on any atom is 0.226 e. The number of nitrogens with zero attached hydrogens (tertiary/aromatic N) is 4. The first-order valence-electron chi connectivity index (χ1n) is 6.23. The van der Waals surface area contributed by atoms with E-state index in [0.29, 0.717) is 28.2 Å². The number of anilines is 1. The summed E-state index contributed by atoms with van der Waals surface area (Å²) in [5.74, 6) is 0.586. The summed E-state index contributed by atoms with van der Waals surface area (Å²) in [5, 5.41) is 8.30. The average molecular weight is 320 g/mol. The van der Waals surface area contributed by atoms with E-state index >= 15 is 0 Å². The predicted octanol–water partition coefficient (Wildman–Crippen LogP) is 3.58. The predicted molar refractivity (Wildman–Crippen MR) is 82.9 cm³/mol. The second kappa shape index (κ2) is 6.11. The van der Waals surface area contributed by atoms with Crippen molar-refractivity contribution < 1.29 is 0 Å². The van der Waals surface area contributed by atoms with E-state index in [2.05, 4.69) is 20.4 Å². The summed E-state index contributed by atoms with van der Waals surface area (Å²) >= 11 is 12.2. The van der Waals surface area contributed by atoms with E-state index in [0.717, 1.165) is 5.56 Å². The molecule has 0 saturated heterocycles.